The topological polar surface area (TPSA) is 132 Å². The highest BCUT2D eigenvalue weighted by molar-refractivity contribution is 6.01. The fourth-order valence-electron chi connectivity index (χ4n) is 13.3. The van der Waals surface area contributed by atoms with Crippen molar-refractivity contribution in [2.75, 3.05) is 6.54 Å². The Balaban J connectivity index is 1.28. The lowest BCUT2D eigenvalue weighted by Gasteiger charge is -2.74. The number of nitrogens with one attached hydrogen (secondary N) is 1. The van der Waals surface area contributed by atoms with Crippen molar-refractivity contribution in [2.45, 2.75) is 158 Å². The number of ketones is 1. The van der Waals surface area contributed by atoms with Crippen LogP contribution in [0.15, 0.2) is 35.5 Å². The lowest BCUT2D eigenvalue weighted by atomic mass is 9.31. The first kappa shape index (κ1) is 39.1. The van der Waals surface area contributed by atoms with Crippen LogP contribution in [0.5, 0.6) is 0 Å². The Labute approximate surface area is 312 Å². The van der Waals surface area contributed by atoms with Crippen molar-refractivity contribution in [3.63, 3.8) is 0 Å². The van der Waals surface area contributed by atoms with Gasteiger partial charge in [-0.2, -0.15) is 0 Å². The maximum atomic E-state index is 14.1. The van der Waals surface area contributed by atoms with Gasteiger partial charge in [-0.05, 0) is 142 Å². The molecule has 0 radical (unpaired) electrons. The molecule has 288 valence electrons. The fraction of sp³-hybridized carbons (Fsp3) is 0.773. The molecule has 5 aliphatic rings. The number of aromatic nitrogens is 1. The van der Waals surface area contributed by atoms with E-state index in [-0.39, 0.29) is 51.6 Å². The summed E-state index contributed by atoms with van der Waals surface area (Å²) in [6.45, 7) is 22.6. The number of hydrogen-bond donors (Lipinski definition) is 3. The van der Waals surface area contributed by atoms with Crippen molar-refractivity contribution in [3.8, 4) is 0 Å². The van der Waals surface area contributed by atoms with E-state index < -0.39 is 22.9 Å². The maximum Gasteiger partial charge on any atom is 0.309 e. The van der Waals surface area contributed by atoms with Crippen LogP contribution in [0, 0.1) is 50.2 Å². The summed E-state index contributed by atoms with van der Waals surface area (Å²) < 4.78 is 6.18. The van der Waals surface area contributed by atoms with Gasteiger partial charge in [0.2, 0.25) is 0 Å². The molecule has 5 aliphatic carbocycles. The second-order valence-electron chi connectivity index (χ2n) is 20.1. The molecule has 1 aromatic heterocycles. The average molecular weight is 718 g/mol. The number of esters is 1. The third-order valence-corrected chi connectivity index (χ3v) is 16.4. The molecule has 0 spiro atoms. The molecule has 4 N–H and O–H groups in total. The third kappa shape index (κ3) is 5.74. The molecule has 52 heavy (non-hydrogen) atoms. The van der Waals surface area contributed by atoms with E-state index >= 15 is 0 Å². The summed E-state index contributed by atoms with van der Waals surface area (Å²) >= 11 is 0. The molecule has 0 aliphatic heterocycles. The number of fused-ring (bicyclic) bond motifs is 7. The number of allylic oxidation sites excluding steroid dienone is 1. The predicted octanol–water partition coefficient (Wildman–Crippen LogP) is 8.60. The van der Waals surface area contributed by atoms with E-state index in [0.717, 1.165) is 75.6 Å². The average Bonchev–Trinajstić information content (AvgIpc) is 3.37. The Bertz CT molecular complexity index is 1620. The molecule has 9 atom stereocenters. The number of Topliss-reactive ketones (excluding diaryl/α,β-unsaturated/α-hetero) is 1. The summed E-state index contributed by atoms with van der Waals surface area (Å²) in [4.78, 5) is 43.5. The molecule has 0 bridgehead atoms. The van der Waals surface area contributed by atoms with Crippen LogP contribution in [0.25, 0.3) is 0 Å². The van der Waals surface area contributed by atoms with Gasteiger partial charge in [-0.3, -0.25) is 19.4 Å². The van der Waals surface area contributed by atoms with Crippen molar-refractivity contribution in [3.05, 3.63) is 41.2 Å². The van der Waals surface area contributed by atoms with Gasteiger partial charge in [0.05, 0.1) is 17.5 Å². The Hall–Kier alpha value is -2.58. The van der Waals surface area contributed by atoms with Gasteiger partial charge < -0.3 is 20.9 Å². The highest BCUT2D eigenvalue weighted by Crippen LogP contribution is 2.77. The van der Waals surface area contributed by atoms with Crippen LogP contribution in [0.2, 0.25) is 0 Å². The van der Waals surface area contributed by atoms with Gasteiger partial charge in [0, 0.05) is 35.0 Å². The number of nitrogens with zero attached hydrogens (tertiary/aromatic N) is 1. The van der Waals surface area contributed by atoms with Crippen LogP contribution < -0.4 is 11.1 Å². The molecule has 4 fully saturated rings. The number of carbonyl (C=O) groups is 3. The number of carboxylic acid groups (broad SMARTS) is 1. The molecular weight excluding hydrogens is 651 g/mol. The molecule has 1 aromatic rings. The summed E-state index contributed by atoms with van der Waals surface area (Å²) in [6, 6.07) is 6.16. The van der Waals surface area contributed by atoms with E-state index in [2.05, 4.69) is 71.8 Å². The normalized spacial score (nSPS) is 38.9. The molecule has 8 heteroatoms. The quantitative estimate of drug-likeness (QED) is 0.205. The number of pyridine rings is 1. The minimum Gasteiger partial charge on any atom is -0.481 e. The van der Waals surface area contributed by atoms with E-state index in [9.17, 15) is 19.5 Å². The lowest BCUT2D eigenvalue weighted by Crippen LogP contribution is -2.74. The monoisotopic (exact) mass is 718 g/mol. The van der Waals surface area contributed by atoms with Crippen LogP contribution in [-0.2, 0) is 19.1 Å². The molecule has 2 unspecified atom stereocenters. The molecule has 8 nitrogen and oxygen atoms in total. The molecule has 0 saturated heterocycles. The third-order valence-electron chi connectivity index (χ3n) is 16.4. The van der Waals surface area contributed by atoms with Gasteiger partial charge in [0.15, 0.2) is 5.78 Å². The number of nitrogens with two attached hydrogens (primary N) is 1. The molecule has 4 saturated carbocycles. The Morgan fingerprint density at radius 2 is 1.69 bits per heavy atom. The second kappa shape index (κ2) is 13.0. The summed E-state index contributed by atoms with van der Waals surface area (Å²) in [5.74, 6) is -0.152. The minimum atomic E-state index is -1.16. The largest absolute Gasteiger partial charge is 0.481 e. The first-order valence-corrected chi connectivity index (χ1v) is 20.2. The van der Waals surface area contributed by atoms with E-state index in [1.807, 2.05) is 18.3 Å². The molecule has 0 amide bonds. The standard InChI is InChI=1S/C44H67N3O5/c1-27(2)35-30(48)25-43(22-24-46-28(3)29-13-11-12-23-47-29)21-20-42(10)41(9)18-14-31-39(6,7)33(52-34(49)26-38(4,5)37(50)51)16-17-40(31,8)32(41)15-19-44(42,45)36(35)43/h11-13,23,27-28,31-33,46H,14-22,24-26,45H2,1-10H3,(H,50,51)/t28-,31+,32-,33+,40+,41-,42+,43?,44?/m1/s1. The van der Waals surface area contributed by atoms with Crippen LogP contribution in [0.4, 0.5) is 0 Å². The predicted molar refractivity (Wildman–Crippen MR) is 204 cm³/mol. The van der Waals surface area contributed by atoms with E-state index in [4.69, 9.17) is 10.5 Å². The Morgan fingerprint density at radius 1 is 1.00 bits per heavy atom. The van der Waals surface area contributed by atoms with Crippen molar-refractivity contribution < 1.29 is 24.2 Å². The highest BCUT2D eigenvalue weighted by atomic mass is 16.5. The number of hydrogen-bond acceptors (Lipinski definition) is 7. The first-order chi connectivity index (χ1) is 24.1. The zero-order valence-electron chi connectivity index (χ0n) is 33.8. The van der Waals surface area contributed by atoms with Crippen molar-refractivity contribution in [1.82, 2.24) is 10.3 Å². The Kier molecular flexibility index (Phi) is 9.80. The number of rotatable bonds is 10. The van der Waals surface area contributed by atoms with Crippen LogP contribution in [-0.4, -0.2) is 46.0 Å². The lowest BCUT2D eigenvalue weighted by molar-refractivity contribution is -0.237. The summed E-state index contributed by atoms with van der Waals surface area (Å²) in [5, 5.41) is 13.4. The minimum absolute atomic E-state index is 0.0189. The zero-order valence-corrected chi connectivity index (χ0v) is 33.8. The van der Waals surface area contributed by atoms with Crippen molar-refractivity contribution >= 4 is 17.7 Å². The van der Waals surface area contributed by atoms with Crippen molar-refractivity contribution in [1.29, 1.82) is 0 Å². The zero-order chi connectivity index (χ0) is 38.3. The van der Waals surface area contributed by atoms with Gasteiger partial charge in [-0.25, -0.2) is 0 Å². The molecular formula is C44H67N3O5. The van der Waals surface area contributed by atoms with Crippen LogP contribution in [0.1, 0.15) is 152 Å². The summed E-state index contributed by atoms with van der Waals surface area (Å²) in [6.07, 6.45) is 10.7. The fourth-order valence-corrected chi connectivity index (χ4v) is 13.3. The van der Waals surface area contributed by atoms with Gasteiger partial charge in [-0.1, -0.05) is 54.5 Å². The summed E-state index contributed by atoms with van der Waals surface area (Å²) in [5.41, 5.74) is 9.06. The van der Waals surface area contributed by atoms with Crippen LogP contribution in [0.3, 0.4) is 0 Å². The Morgan fingerprint density at radius 3 is 2.33 bits per heavy atom. The van der Waals surface area contributed by atoms with E-state index in [0.29, 0.717) is 24.0 Å². The van der Waals surface area contributed by atoms with Gasteiger partial charge in [0.25, 0.3) is 0 Å². The van der Waals surface area contributed by atoms with Gasteiger partial charge >= 0.3 is 11.9 Å². The van der Waals surface area contributed by atoms with Crippen molar-refractivity contribution in [2.24, 2.45) is 56.0 Å². The molecule has 0 aromatic carbocycles. The highest BCUT2D eigenvalue weighted by Gasteiger charge is 2.73. The molecule has 1 heterocycles. The van der Waals surface area contributed by atoms with Gasteiger partial charge in [-0.15, -0.1) is 0 Å². The summed E-state index contributed by atoms with van der Waals surface area (Å²) in [7, 11) is 0. The van der Waals surface area contributed by atoms with Crippen LogP contribution >= 0.6 is 0 Å². The number of aliphatic carboxylic acids is 1. The second-order valence-corrected chi connectivity index (χ2v) is 20.1. The maximum absolute atomic E-state index is 14.1. The van der Waals surface area contributed by atoms with E-state index in [1.165, 1.54) is 5.57 Å². The smallest absolute Gasteiger partial charge is 0.309 e. The number of ether oxygens (including phenoxy) is 1. The van der Waals surface area contributed by atoms with Gasteiger partial charge in [0.1, 0.15) is 6.10 Å². The number of carbonyl (C=O) groups excluding carboxylic acids is 2. The SMILES string of the molecule is CC(C)C1=C2C(CCN[C@H](C)c3ccccn3)(CC[C@]3(C)C2(N)CC[C@@H]2[C@@]4(C)CC[C@H](OC(=O)CC(C)(C)C(=O)O)C(C)(C)[C@@H]4CC[C@]23C)CC1=O. The van der Waals surface area contributed by atoms with E-state index in [1.54, 1.807) is 13.8 Å². The number of carboxylic acids is 1. The molecule has 6 rings (SSSR count). The first-order valence-electron chi connectivity index (χ1n) is 20.2.